The highest BCUT2D eigenvalue weighted by atomic mass is 16.4. The second kappa shape index (κ2) is 4.62. The number of phenolic OH excluding ortho intramolecular Hbond substituents is 1. The Morgan fingerprint density at radius 1 is 1.43 bits per heavy atom. The molecule has 0 fully saturated rings. The average molecular weight is 195 g/mol. The second-order valence-corrected chi connectivity index (χ2v) is 3.10. The van der Waals surface area contributed by atoms with E-state index < -0.39 is 12.0 Å². The van der Waals surface area contributed by atoms with Gasteiger partial charge in [-0.05, 0) is 12.5 Å². The van der Waals surface area contributed by atoms with Crippen LogP contribution in [0.2, 0.25) is 0 Å². The molecule has 0 amide bonds. The summed E-state index contributed by atoms with van der Waals surface area (Å²) in [6, 6.07) is 6.27. The molecule has 76 valence electrons. The predicted molar refractivity (Wildman–Crippen MR) is 51.9 cm³/mol. The van der Waals surface area contributed by atoms with Crippen LogP contribution >= 0.6 is 0 Å². The fourth-order valence-electron chi connectivity index (χ4n) is 1.24. The topological polar surface area (TPSA) is 83.6 Å². The zero-order valence-corrected chi connectivity index (χ0v) is 7.68. The van der Waals surface area contributed by atoms with E-state index in [-0.39, 0.29) is 12.2 Å². The van der Waals surface area contributed by atoms with Crippen molar-refractivity contribution in [2.45, 2.75) is 18.9 Å². The van der Waals surface area contributed by atoms with Crippen LogP contribution in [-0.4, -0.2) is 16.2 Å². The van der Waals surface area contributed by atoms with E-state index >= 15 is 0 Å². The van der Waals surface area contributed by atoms with Crippen LogP contribution in [0.15, 0.2) is 24.3 Å². The maximum absolute atomic E-state index is 10.3. The molecule has 1 aromatic rings. The Hall–Kier alpha value is -1.55. The lowest BCUT2D eigenvalue weighted by atomic mass is 10.0. The van der Waals surface area contributed by atoms with Gasteiger partial charge in [0.05, 0.1) is 0 Å². The summed E-state index contributed by atoms with van der Waals surface area (Å²) in [4.78, 5) is 10.3. The Kier molecular flexibility index (Phi) is 3.48. The number of benzene rings is 1. The first-order chi connectivity index (χ1) is 6.61. The van der Waals surface area contributed by atoms with Crippen LogP contribution in [0.25, 0.3) is 0 Å². The van der Waals surface area contributed by atoms with Crippen LogP contribution in [0.5, 0.6) is 5.75 Å². The Morgan fingerprint density at radius 2 is 2.07 bits per heavy atom. The Morgan fingerprint density at radius 3 is 2.64 bits per heavy atom. The molecule has 0 aromatic heterocycles. The lowest BCUT2D eigenvalue weighted by Gasteiger charge is -2.11. The van der Waals surface area contributed by atoms with E-state index in [0.29, 0.717) is 12.0 Å². The predicted octanol–water partition coefficient (Wildman–Crippen LogP) is 1.26. The van der Waals surface area contributed by atoms with E-state index in [4.69, 9.17) is 10.8 Å². The molecule has 0 spiro atoms. The third kappa shape index (κ3) is 2.74. The van der Waals surface area contributed by atoms with Crippen molar-refractivity contribution in [3.8, 4) is 5.75 Å². The van der Waals surface area contributed by atoms with Crippen molar-refractivity contribution in [1.29, 1.82) is 0 Å². The van der Waals surface area contributed by atoms with Gasteiger partial charge < -0.3 is 15.9 Å². The lowest BCUT2D eigenvalue weighted by Crippen LogP contribution is -2.12. The van der Waals surface area contributed by atoms with E-state index in [2.05, 4.69) is 0 Å². The number of hydrogen-bond acceptors (Lipinski definition) is 3. The molecule has 1 aromatic carbocycles. The van der Waals surface area contributed by atoms with Crippen molar-refractivity contribution >= 4 is 5.97 Å². The van der Waals surface area contributed by atoms with Gasteiger partial charge in [0.15, 0.2) is 0 Å². The largest absolute Gasteiger partial charge is 0.508 e. The molecule has 0 saturated carbocycles. The highest BCUT2D eigenvalue weighted by molar-refractivity contribution is 5.66. The molecule has 14 heavy (non-hydrogen) atoms. The molecule has 4 heteroatoms. The molecular formula is C10H13NO3. The zero-order valence-electron chi connectivity index (χ0n) is 7.68. The summed E-state index contributed by atoms with van der Waals surface area (Å²) in [5.74, 6) is -0.763. The maximum Gasteiger partial charge on any atom is 0.303 e. The fourth-order valence-corrected chi connectivity index (χ4v) is 1.24. The number of nitrogens with two attached hydrogens (primary N) is 1. The number of hydrogen-bond donors (Lipinski definition) is 3. The molecule has 0 heterocycles. The van der Waals surface area contributed by atoms with Crippen molar-refractivity contribution in [1.82, 2.24) is 0 Å². The number of aliphatic carboxylic acids is 1. The molecule has 1 atom stereocenters. The number of carbonyl (C=O) groups is 1. The molecule has 0 aliphatic carbocycles. The molecule has 4 N–H and O–H groups in total. The summed E-state index contributed by atoms with van der Waals surface area (Å²) < 4.78 is 0. The van der Waals surface area contributed by atoms with Gasteiger partial charge >= 0.3 is 5.97 Å². The van der Waals surface area contributed by atoms with E-state index in [1.165, 1.54) is 6.07 Å². The first-order valence-electron chi connectivity index (χ1n) is 4.36. The van der Waals surface area contributed by atoms with Crippen molar-refractivity contribution in [3.63, 3.8) is 0 Å². The van der Waals surface area contributed by atoms with Gasteiger partial charge in [0.1, 0.15) is 5.75 Å². The summed E-state index contributed by atoms with van der Waals surface area (Å²) in [6.45, 7) is 0. The number of carboxylic acid groups (broad SMARTS) is 1. The van der Waals surface area contributed by atoms with Crippen molar-refractivity contribution in [2.75, 3.05) is 0 Å². The molecule has 0 aliphatic rings. The van der Waals surface area contributed by atoms with Crippen molar-refractivity contribution < 1.29 is 15.0 Å². The first kappa shape index (κ1) is 10.5. The third-order valence-electron chi connectivity index (χ3n) is 2.01. The first-order valence-corrected chi connectivity index (χ1v) is 4.36. The van der Waals surface area contributed by atoms with E-state index in [1.807, 2.05) is 0 Å². The number of para-hydroxylation sites is 1. The molecule has 0 saturated heterocycles. The quantitative estimate of drug-likeness (QED) is 0.675. The number of phenols is 1. The van der Waals surface area contributed by atoms with Gasteiger partial charge in [0.2, 0.25) is 0 Å². The van der Waals surface area contributed by atoms with Gasteiger partial charge in [0, 0.05) is 18.0 Å². The minimum atomic E-state index is -0.879. The number of carboxylic acids is 1. The van der Waals surface area contributed by atoms with Gasteiger partial charge in [-0.3, -0.25) is 4.79 Å². The Labute approximate surface area is 82.0 Å². The standard InChI is InChI=1S/C10H13NO3/c11-8(5-6-10(13)14)7-3-1-2-4-9(7)12/h1-4,8,12H,5-6,11H2,(H,13,14)/t8-/m1/s1. The van der Waals surface area contributed by atoms with E-state index in [9.17, 15) is 9.90 Å². The van der Waals surface area contributed by atoms with Crippen LogP contribution in [0.4, 0.5) is 0 Å². The SMILES string of the molecule is N[C@H](CCC(=O)O)c1ccccc1O. The van der Waals surface area contributed by atoms with Crippen LogP contribution in [-0.2, 0) is 4.79 Å². The lowest BCUT2D eigenvalue weighted by molar-refractivity contribution is -0.137. The van der Waals surface area contributed by atoms with Crippen LogP contribution in [0.3, 0.4) is 0 Å². The average Bonchev–Trinajstić information content (AvgIpc) is 2.15. The van der Waals surface area contributed by atoms with Gasteiger partial charge in [0.25, 0.3) is 0 Å². The summed E-state index contributed by atoms with van der Waals surface area (Å²) in [6.07, 6.45) is 0.336. The van der Waals surface area contributed by atoms with Gasteiger partial charge in [-0.2, -0.15) is 0 Å². The number of aromatic hydroxyl groups is 1. The molecule has 0 radical (unpaired) electrons. The zero-order chi connectivity index (χ0) is 10.6. The molecule has 0 aliphatic heterocycles. The molecule has 1 rings (SSSR count). The Balaban J connectivity index is 2.65. The van der Waals surface area contributed by atoms with E-state index in [0.717, 1.165) is 0 Å². The summed E-state index contributed by atoms with van der Waals surface area (Å²) in [7, 11) is 0. The highest BCUT2D eigenvalue weighted by Gasteiger charge is 2.11. The number of rotatable bonds is 4. The molecule has 0 bridgehead atoms. The minimum Gasteiger partial charge on any atom is -0.508 e. The van der Waals surface area contributed by atoms with Gasteiger partial charge in [-0.25, -0.2) is 0 Å². The smallest absolute Gasteiger partial charge is 0.303 e. The second-order valence-electron chi connectivity index (χ2n) is 3.10. The van der Waals surface area contributed by atoms with Crippen molar-refractivity contribution in [2.24, 2.45) is 5.73 Å². The van der Waals surface area contributed by atoms with Gasteiger partial charge in [-0.15, -0.1) is 0 Å². The maximum atomic E-state index is 10.3. The third-order valence-corrected chi connectivity index (χ3v) is 2.01. The van der Waals surface area contributed by atoms with Gasteiger partial charge in [-0.1, -0.05) is 18.2 Å². The monoisotopic (exact) mass is 195 g/mol. The molecular weight excluding hydrogens is 182 g/mol. The Bertz CT molecular complexity index is 325. The van der Waals surface area contributed by atoms with Crippen molar-refractivity contribution in [3.05, 3.63) is 29.8 Å². The summed E-state index contributed by atoms with van der Waals surface area (Å²) in [5.41, 5.74) is 6.31. The summed E-state index contributed by atoms with van der Waals surface area (Å²) in [5, 5.41) is 17.9. The normalized spacial score (nSPS) is 12.4. The van der Waals surface area contributed by atoms with E-state index in [1.54, 1.807) is 18.2 Å². The van der Waals surface area contributed by atoms with Crippen LogP contribution in [0, 0.1) is 0 Å². The molecule has 4 nitrogen and oxygen atoms in total. The molecule has 0 unspecified atom stereocenters. The summed E-state index contributed by atoms with van der Waals surface area (Å²) >= 11 is 0. The fraction of sp³-hybridized carbons (Fsp3) is 0.300. The highest BCUT2D eigenvalue weighted by Crippen LogP contribution is 2.24. The minimum absolute atomic E-state index is 0.00943. The van der Waals surface area contributed by atoms with Crippen LogP contribution in [0.1, 0.15) is 24.4 Å². The van der Waals surface area contributed by atoms with Crippen LogP contribution < -0.4 is 5.73 Å².